The second-order valence-corrected chi connectivity index (χ2v) is 5.84. The lowest BCUT2D eigenvalue weighted by Crippen LogP contribution is -2.39. The van der Waals surface area contributed by atoms with Crippen molar-refractivity contribution < 1.29 is 13.2 Å². The Morgan fingerprint density at radius 3 is 2.47 bits per heavy atom. The highest BCUT2D eigenvalue weighted by molar-refractivity contribution is 7.89. The van der Waals surface area contributed by atoms with Gasteiger partial charge in [0.25, 0.3) is 0 Å². The minimum absolute atomic E-state index is 0.0215. The predicted octanol–water partition coefficient (Wildman–Crippen LogP) is -0.0634. The lowest BCUT2D eigenvalue weighted by atomic mass is 10.4. The van der Waals surface area contributed by atoms with E-state index in [2.05, 4.69) is 4.72 Å². The van der Waals surface area contributed by atoms with E-state index in [4.69, 9.17) is 0 Å². The molecule has 0 aromatic rings. The van der Waals surface area contributed by atoms with Gasteiger partial charge in [0.15, 0.2) is 0 Å². The Hall–Kier alpha value is -0.620. The first-order valence-electron chi connectivity index (χ1n) is 5.21. The van der Waals surface area contributed by atoms with Crippen molar-refractivity contribution in [2.75, 3.05) is 18.8 Å². The van der Waals surface area contributed by atoms with Crippen LogP contribution in [0.3, 0.4) is 0 Å². The zero-order chi connectivity index (χ0) is 11.5. The molecule has 1 amide bonds. The van der Waals surface area contributed by atoms with Crippen molar-refractivity contribution in [1.82, 2.24) is 9.62 Å². The maximum Gasteiger partial charge on any atom is 0.219 e. The van der Waals surface area contributed by atoms with Gasteiger partial charge in [-0.2, -0.15) is 0 Å². The van der Waals surface area contributed by atoms with Crippen LogP contribution in [-0.4, -0.2) is 44.1 Å². The Bertz CT molecular complexity index is 322. The largest absolute Gasteiger partial charge is 0.339 e. The number of hydrogen-bond acceptors (Lipinski definition) is 3. The van der Waals surface area contributed by atoms with Crippen LogP contribution in [0.25, 0.3) is 0 Å². The van der Waals surface area contributed by atoms with Crippen LogP contribution in [0.1, 0.15) is 26.7 Å². The van der Waals surface area contributed by atoms with Crippen molar-refractivity contribution in [2.24, 2.45) is 0 Å². The third kappa shape index (κ3) is 4.17. The summed E-state index contributed by atoms with van der Waals surface area (Å²) < 4.78 is 24.7. The molecule has 0 radical (unpaired) electrons. The van der Waals surface area contributed by atoms with Gasteiger partial charge in [-0.15, -0.1) is 0 Å². The fourth-order valence-electron chi connectivity index (χ4n) is 1.41. The summed E-state index contributed by atoms with van der Waals surface area (Å²) in [5.74, 6) is 0.101. The number of nitrogens with zero attached hydrogens (tertiary/aromatic N) is 1. The zero-order valence-electron chi connectivity index (χ0n) is 9.19. The van der Waals surface area contributed by atoms with Crippen LogP contribution in [0, 0.1) is 0 Å². The van der Waals surface area contributed by atoms with E-state index in [9.17, 15) is 13.2 Å². The van der Waals surface area contributed by atoms with Gasteiger partial charge in [-0.1, -0.05) is 0 Å². The van der Waals surface area contributed by atoms with E-state index in [-0.39, 0.29) is 11.7 Å². The van der Waals surface area contributed by atoms with E-state index in [1.807, 2.05) is 0 Å². The molecule has 0 aliphatic heterocycles. The van der Waals surface area contributed by atoms with Gasteiger partial charge in [-0.25, -0.2) is 13.1 Å². The Balaban J connectivity index is 2.32. The van der Waals surface area contributed by atoms with Crippen LogP contribution in [0.15, 0.2) is 0 Å². The maximum absolute atomic E-state index is 11.2. The molecule has 0 aromatic carbocycles. The summed E-state index contributed by atoms with van der Waals surface area (Å²) in [6, 6.07) is 0.341. The highest BCUT2D eigenvalue weighted by atomic mass is 32.2. The molecular formula is C9H18N2O3S. The molecule has 88 valence electrons. The molecule has 0 atom stereocenters. The second kappa shape index (κ2) is 4.94. The van der Waals surface area contributed by atoms with Crippen LogP contribution >= 0.6 is 0 Å². The lowest BCUT2D eigenvalue weighted by Gasteiger charge is -2.20. The van der Waals surface area contributed by atoms with Crippen LogP contribution < -0.4 is 4.72 Å². The van der Waals surface area contributed by atoms with Crippen molar-refractivity contribution in [3.8, 4) is 0 Å². The molecule has 1 rings (SSSR count). The number of sulfonamides is 1. The SMILES string of the molecule is CCS(=O)(=O)NCCN(C(C)=O)C1CC1. The maximum atomic E-state index is 11.2. The third-order valence-corrected chi connectivity index (χ3v) is 3.85. The van der Waals surface area contributed by atoms with E-state index >= 15 is 0 Å². The zero-order valence-corrected chi connectivity index (χ0v) is 10.0. The first-order chi connectivity index (χ1) is 6.96. The van der Waals surface area contributed by atoms with Gasteiger partial charge in [0.2, 0.25) is 15.9 Å². The molecule has 1 aliphatic carbocycles. The number of nitrogens with one attached hydrogen (secondary N) is 1. The molecule has 0 spiro atoms. The Morgan fingerprint density at radius 1 is 1.47 bits per heavy atom. The number of carbonyl (C=O) groups excluding carboxylic acids is 1. The molecule has 0 bridgehead atoms. The first-order valence-corrected chi connectivity index (χ1v) is 6.86. The number of amides is 1. The molecule has 15 heavy (non-hydrogen) atoms. The highest BCUT2D eigenvalue weighted by Crippen LogP contribution is 2.26. The summed E-state index contributed by atoms with van der Waals surface area (Å²) in [7, 11) is -3.13. The quantitative estimate of drug-likeness (QED) is 0.700. The van der Waals surface area contributed by atoms with Gasteiger partial charge < -0.3 is 4.90 Å². The van der Waals surface area contributed by atoms with Gasteiger partial charge in [-0.3, -0.25) is 4.79 Å². The summed E-state index contributed by atoms with van der Waals surface area (Å²) in [6.45, 7) is 3.89. The topological polar surface area (TPSA) is 66.5 Å². The fourth-order valence-corrected chi connectivity index (χ4v) is 2.01. The molecular weight excluding hydrogens is 216 g/mol. The first kappa shape index (κ1) is 12.4. The van der Waals surface area contributed by atoms with Gasteiger partial charge >= 0.3 is 0 Å². The summed E-state index contributed by atoms with van der Waals surface area (Å²) in [5.41, 5.74) is 0. The Labute approximate surface area is 90.9 Å². The van der Waals surface area contributed by atoms with E-state index in [0.29, 0.717) is 19.1 Å². The average Bonchev–Trinajstić information content (AvgIpc) is 2.95. The van der Waals surface area contributed by atoms with E-state index < -0.39 is 10.0 Å². The van der Waals surface area contributed by atoms with E-state index in [0.717, 1.165) is 12.8 Å². The lowest BCUT2D eigenvalue weighted by molar-refractivity contribution is -0.129. The van der Waals surface area contributed by atoms with Crippen molar-refractivity contribution in [3.63, 3.8) is 0 Å². The molecule has 5 nitrogen and oxygen atoms in total. The second-order valence-electron chi connectivity index (χ2n) is 3.74. The molecule has 0 aromatic heterocycles. The normalized spacial score (nSPS) is 16.4. The molecule has 1 fully saturated rings. The molecule has 0 saturated heterocycles. The van der Waals surface area contributed by atoms with Crippen molar-refractivity contribution >= 4 is 15.9 Å². The molecule has 1 aliphatic rings. The highest BCUT2D eigenvalue weighted by Gasteiger charge is 2.30. The monoisotopic (exact) mass is 234 g/mol. The summed E-state index contributed by atoms with van der Waals surface area (Å²) >= 11 is 0. The van der Waals surface area contributed by atoms with Crippen LogP contribution in [0.5, 0.6) is 0 Å². The Kier molecular flexibility index (Phi) is 4.10. The molecule has 0 heterocycles. The van der Waals surface area contributed by atoms with Gasteiger partial charge in [0, 0.05) is 26.1 Å². The van der Waals surface area contributed by atoms with Crippen molar-refractivity contribution in [2.45, 2.75) is 32.7 Å². The molecule has 6 heteroatoms. The van der Waals surface area contributed by atoms with Crippen LogP contribution in [0.4, 0.5) is 0 Å². The van der Waals surface area contributed by atoms with Crippen LogP contribution in [0.2, 0.25) is 0 Å². The fraction of sp³-hybridized carbons (Fsp3) is 0.889. The average molecular weight is 234 g/mol. The van der Waals surface area contributed by atoms with Crippen molar-refractivity contribution in [3.05, 3.63) is 0 Å². The summed E-state index contributed by atoms with van der Waals surface area (Å²) in [4.78, 5) is 12.9. The minimum Gasteiger partial charge on any atom is -0.339 e. The smallest absolute Gasteiger partial charge is 0.219 e. The van der Waals surface area contributed by atoms with Gasteiger partial charge in [-0.05, 0) is 19.8 Å². The van der Waals surface area contributed by atoms with Gasteiger partial charge in [0.05, 0.1) is 5.75 Å². The van der Waals surface area contributed by atoms with E-state index in [1.54, 1.807) is 11.8 Å². The van der Waals surface area contributed by atoms with Gasteiger partial charge in [0.1, 0.15) is 0 Å². The number of rotatable bonds is 6. The number of hydrogen-bond donors (Lipinski definition) is 1. The van der Waals surface area contributed by atoms with Crippen LogP contribution in [-0.2, 0) is 14.8 Å². The summed E-state index contributed by atoms with van der Waals surface area (Å²) in [5, 5.41) is 0. The standard InChI is InChI=1S/C9H18N2O3S/c1-3-15(13,14)10-6-7-11(8(2)12)9-4-5-9/h9-10H,3-7H2,1-2H3. The predicted molar refractivity (Wildman–Crippen MR) is 57.9 cm³/mol. The molecule has 0 unspecified atom stereocenters. The van der Waals surface area contributed by atoms with E-state index in [1.165, 1.54) is 6.92 Å². The Morgan fingerprint density at radius 2 is 2.07 bits per heavy atom. The van der Waals surface area contributed by atoms with Crippen molar-refractivity contribution in [1.29, 1.82) is 0 Å². The molecule has 1 N–H and O–H groups in total. The summed E-state index contributed by atoms with van der Waals surface area (Å²) in [6.07, 6.45) is 2.08. The third-order valence-electron chi connectivity index (χ3n) is 2.45. The number of carbonyl (C=O) groups is 1. The minimum atomic E-state index is -3.13. The molecule has 1 saturated carbocycles.